The number of nitrogens with one attached hydrogen (secondary N) is 1. The lowest BCUT2D eigenvalue weighted by Crippen LogP contribution is -2.34. The normalized spacial score (nSPS) is 15.5. The van der Waals surface area contributed by atoms with Gasteiger partial charge >= 0.3 is 0 Å². The molecule has 1 aliphatic carbocycles. The van der Waals surface area contributed by atoms with Crippen LogP contribution in [-0.4, -0.2) is 21.3 Å². The number of aromatic nitrogens is 2. The molecule has 146 valence electrons. The van der Waals surface area contributed by atoms with Crippen molar-refractivity contribution in [2.75, 3.05) is 0 Å². The van der Waals surface area contributed by atoms with Crippen LogP contribution < -0.4 is 5.32 Å². The summed E-state index contributed by atoms with van der Waals surface area (Å²) in [6.07, 6.45) is 10.5. The Hall–Kier alpha value is -2.14. The van der Waals surface area contributed by atoms with Gasteiger partial charge < -0.3 is 9.72 Å². The highest BCUT2D eigenvalue weighted by atomic mass is 79.9. The van der Waals surface area contributed by atoms with Crippen LogP contribution in [0.15, 0.2) is 53.1 Å². The molecule has 0 aliphatic heterocycles. The number of benzene rings is 1. The van der Waals surface area contributed by atoms with Crippen molar-refractivity contribution >= 4 is 27.5 Å². The summed E-state index contributed by atoms with van der Waals surface area (Å²) in [5.74, 6) is 0.152. The molecule has 1 aliphatic rings. The number of rotatable bonds is 5. The van der Waals surface area contributed by atoms with Crippen molar-refractivity contribution in [1.29, 1.82) is 0 Å². The van der Waals surface area contributed by atoms with Crippen LogP contribution in [0.3, 0.4) is 0 Å². The highest BCUT2D eigenvalue weighted by molar-refractivity contribution is 9.10. The number of imidazole rings is 1. The fourth-order valence-electron chi connectivity index (χ4n) is 4.08. The van der Waals surface area contributed by atoms with E-state index in [-0.39, 0.29) is 5.91 Å². The van der Waals surface area contributed by atoms with Crippen LogP contribution >= 0.6 is 15.9 Å². The SMILES string of the molecule is O=C(CCc1c(-c2ccc(Br)cc2)nc2ccccn12)NC1CCCCCC1. The summed E-state index contributed by atoms with van der Waals surface area (Å²) in [4.78, 5) is 17.4. The summed E-state index contributed by atoms with van der Waals surface area (Å²) >= 11 is 3.50. The summed E-state index contributed by atoms with van der Waals surface area (Å²) in [7, 11) is 0. The number of aryl methyl sites for hydroxylation is 1. The average molecular weight is 440 g/mol. The van der Waals surface area contributed by atoms with Crippen molar-refractivity contribution in [2.24, 2.45) is 0 Å². The summed E-state index contributed by atoms with van der Waals surface area (Å²) < 4.78 is 3.15. The molecular formula is C23H26BrN3O. The Labute approximate surface area is 174 Å². The molecule has 5 heteroatoms. The molecule has 3 aromatic rings. The molecule has 2 heterocycles. The van der Waals surface area contributed by atoms with E-state index in [1.54, 1.807) is 0 Å². The third kappa shape index (κ3) is 4.46. The van der Waals surface area contributed by atoms with Gasteiger partial charge in [0.2, 0.25) is 5.91 Å². The molecule has 2 aromatic heterocycles. The molecule has 0 saturated heterocycles. The van der Waals surface area contributed by atoms with E-state index in [4.69, 9.17) is 4.98 Å². The molecule has 4 nitrogen and oxygen atoms in total. The van der Waals surface area contributed by atoms with E-state index >= 15 is 0 Å². The molecule has 1 aromatic carbocycles. The summed E-state index contributed by atoms with van der Waals surface area (Å²) in [6, 6.07) is 14.6. The van der Waals surface area contributed by atoms with Crippen LogP contribution in [0.1, 0.15) is 50.6 Å². The minimum absolute atomic E-state index is 0.152. The Bertz CT molecular complexity index is 940. The minimum atomic E-state index is 0.152. The number of carbonyl (C=O) groups excluding carboxylic acids is 1. The van der Waals surface area contributed by atoms with Crippen molar-refractivity contribution in [1.82, 2.24) is 14.7 Å². The second-order valence-electron chi connectivity index (χ2n) is 7.60. The van der Waals surface area contributed by atoms with Crippen LogP contribution in [0.4, 0.5) is 0 Å². The first-order valence-electron chi connectivity index (χ1n) is 10.2. The van der Waals surface area contributed by atoms with Gasteiger partial charge in [0.05, 0.1) is 11.4 Å². The second-order valence-corrected chi connectivity index (χ2v) is 8.51. The molecule has 1 N–H and O–H groups in total. The average Bonchev–Trinajstić information content (AvgIpc) is 2.87. The smallest absolute Gasteiger partial charge is 0.220 e. The number of pyridine rings is 1. The predicted molar refractivity (Wildman–Crippen MR) is 116 cm³/mol. The van der Waals surface area contributed by atoms with Gasteiger partial charge in [-0.25, -0.2) is 4.98 Å². The number of fused-ring (bicyclic) bond motifs is 1. The monoisotopic (exact) mass is 439 g/mol. The standard InChI is InChI=1S/C23H26BrN3O/c24-18-12-10-17(11-13-18)23-20(27-16-6-5-9-21(27)26-23)14-15-22(28)25-19-7-3-1-2-4-8-19/h5-6,9-13,16,19H,1-4,7-8,14-15H2,(H,25,28). The lowest BCUT2D eigenvalue weighted by Gasteiger charge is -2.16. The summed E-state index contributed by atoms with van der Waals surface area (Å²) in [5.41, 5.74) is 4.04. The molecule has 1 amide bonds. The number of halogens is 1. The van der Waals surface area contributed by atoms with Gasteiger partial charge in [0.1, 0.15) is 5.65 Å². The van der Waals surface area contributed by atoms with Crippen molar-refractivity contribution < 1.29 is 4.79 Å². The molecule has 0 bridgehead atoms. The van der Waals surface area contributed by atoms with Gasteiger partial charge in [-0.3, -0.25) is 4.79 Å². The minimum Gasteiger partial charge on any atom is -0.353 e. The Kier molecular flexibility index (Phi) is 6.10. The number of hydrogen-bond acceptors (Lipinski definition) is 2. The molecule has 28 heavy (non-hydrogen) atoms. The Morgan fingerprint density at radius 3 is 2.57 bits per heavy atom. The van der Waals surface area contributed by atoms with Crippen LogP contribution in [-0.2, 0) is 11.2 Å². The fraction of sp³-hybridized carbons (Fsp3) is 0.391. The first-order valence-corrected chi connectivity index (χ1v) is 11.0. The zero-order chi connectivity index (χ0) is 19.3. The van der Waals surface area contributed by atoms with Gasteiger partial charge in [-0.2, -0.15) is 0 Å². The molecule has 0 spiro atoms. The lowest BCUT2D eigenvalue weighted by atomic mass is 10.1. The molecule has 4 rings (SSSR count). The fourth-order valence-corrected chi connectivity index (χ4v) is 4.34. The molecule has 1 fully saturated rings. The van der Waals surface area contributed by atoms with Crippen molar-refractivity contribution in [3.8, 4) is 11.3 Å². The van der Waals surface area contributed by atoms with E-state index in [1.165, 1.54) is 25.7 Å². The highest BCUT2D eigenvalue weighted by Gasteiger charge is 2.18. The van der Waals surface area contributed by atoms with Gasteiger partial charge in [-0.1, -0.05) is 59.8 Å². The first-order chi connectivity index (χ1) is 13.7. The molecule has 0 unspecified atom stereocenters. The zero-order valence-corrected chi connectivity index (χ0v) is 17.6. The largest absolute Gasteiger partial charge is 0.353 e. The third-order valence-electron chi connectivity index (χ3n) is 5.56. The van der Waals surface area contributed by atoms with Gasteiger partial charge in [-0.05, 0) is 43.5 Å². The van der Waals surface area contributed by atoms with Crippen molar-refractivity contribution in [2.45, 2.75) is 57.4 Å². The Morgan fingerprint density at radius 2 is 1.82 bits per heavy atom. The number of carbonyl (C=O) groups is 1. The van der Waals surface area contributed by atoms with E-state index in [9.17, 15) is 4.79 Å². The van der Waals surface area contributed by atoms with Crippen molar-refractivity contribution in [3.63, 3.8) is 0 Å². The summed E-state index contributed by atoms with van der Waals surface area (Å²) in [6.45, 7) is 0. The predicted octanol–water partition coefficient (Wildman–Crippen LogP) is 5.54. The van der Waals surface area contributed by atoms with E-state index in [0.29, 0.717) is 18.9 Å². The van der Waals surface area contributed by atoms with Gasteiger partial charge in [0, 0.05) is 28.7 Å². The van der Waals surface area contributed by atoms with Crippen LogP contribution in [0.25, 0.3) is 16.9 Å². The zero-order valence-electron chi connectivity index (χ0n) is 16.0. The van der Waals surface area contributed by atoms with Crippen LogP contribution in [0, 0.1) is 0 Å². The maximum Gasteiger partial charge on any atom is 0.220 e. The maximum atomic E-state index is 12.6. The summed E-state index contributed by atoms with van der Waals surface area (Å²) in [5, 5.41) is 3.26. The molecule has 0 radical (unpaired) electrons. The second kappa shape index (κ2) is 8.91. The van der Waals surface area contributed by atoms with Gasteiger partial charge in [0.25, 0.3) is 0 Å². The van der Waals surface area contributed by atoms with Gasteiger partial charge in [0.15, 0.2) is 0 Å². The quantitative estimate of drug-likeness (QED) is 0.530. The third-order valence-corrected chi connectivity index (χ3v) is 6.08. The Morgan fingerprint density at radius 1 is 1.07 bits per heavy atom. The van der Waals surface area contributed by atoms with E-state index < -0.39 is 0 Å². The Balaban J connectivity index is 1.53. The van der Waals surface area contributed by atoms with Gasteiger partial charge in [-0.15, -0.1) is 0 Å². The van der Waals surface area contributed by atoms with E-state index in [0.717, 1.165) is 39.9 Å². The van der Waals surface area contributed by atoms with E-state index in [1.807, 2.05) is 36.5 Å². The van der Waals surface area contributed by atoms with E-state index in [2.05, 4.69) is 37.8 Å². The maximum absolute atomic E-state index is 12.6. The highest BCUT2D eigenvalue weighted by Crippen LogP contribution is 2.27. The van der Waals surface area contributed by atoms with Crippen LogP contribution in [0.2, 0.25) is 0 Å². The molecular weight excluding hydrogens is 414 g/mol. The number of amides is 1. The van der Waals surface area contributed by atoms with Crippen molar-refractivity contribution in [3.05, 3.63) is 58.8 Å². The number of hydrogen-bond donors (Lipinski definition) is 1. The first kappa shape index (κ1) is 19.2. The molecule has 1 saturated carbocycles. The van der Waals surface area contributed by atoms with Crippen LogP contribution in [0.5, 0.6) is 0 Å². The lowest BCUT2D eigenvalue weighted by molar-refractivity contribution is -0.121. The number of nitrogens with zero attached hydrogens (tertiary/aromatic N) is 2. The molecule has 0 atom stereocenters. The topological polar surface area (TPSA) is 46.4 Å².